The monoisotopic (exact) mass is 956 g/mol. The Balaban J connectivity index is 1.43. The fourth-order valence-electron chi connectivity index (χ4n) is 9.75. The molecule has 0 radical (unpaired) electrons. The van der Waals surface area contributed by atoms with Crippen LogP contribution in [0.3, 0.4) is 0 Å². The summed E-state index contributed by atoms with van der Waals surface area (Å²) in [5, 5.41) is 10.5. The fourth-order valence-corrected chi connectivity index (χ4v) is 31.4. The molecule has 10 rings (SSSR count). The van der Waals surface area contributed by atoms with Gasteiger partial charge in [-0.1, -0.05) is 310 Å². The minimum absolute atomic E-state index is 0.854. The van der Waals surface area contributed by atoms with Crippen LogP contribution in [0.15, 0.2) is 304 Å². The van der Waals surface area contributed by atoms with Gasteiger partial charge in [0, 0.05) is 5.19 Å². The highest BCUT2D eigenvalue weighted by molar-refractivity contribution is 7.18. The summed E-state index contributed by atoms with van der Waals surface area (Å²) >= 11 is 0. The van der Waals surface area contributed by atoms with E-state index in [1.54, 1.807) is 0 Å². The largest absolute Gasteiger partial charge is 0.507 e. The van der Waals surface area contributed by atoms with Crippen LogP contribution in [0.4, 0.5) is 0 Å². The van der Waals surface area contributed by atoms with E-state index < -0.39 is 33.8 Å². The molecule has 0 saturated carbocycles. The third-order valence-corrected chi connectivity index (χ3v) is 31.2. The molecule has 0 aliphatic rings. The van der Waals surface area contributed by atoms with Crippen molar-refractivity contribution >= 4 is 91.7 Å². The lowest BCUT2D eigenvalue weighted by Crippen LogP contribution is -2.85. The molecule has 69 heavy (non-hydrogen) atoms. The number of benzene rings is 10. The van der Waals surface area contributed by atoms with Gasteiger partial charge in [0.05, 0.1) is 0 Å². The summed E-state index contributed by atoms with van der Waals surface area (Å²) in [6.45, 7) is 4.20. The fraction of sp³-hybridized carbons (Fsp3) is 0. The van der Waals surface area contributed by atoms with Crippen molar-refractivity contribution in [1.29, 1.82) is 0 Å². The van der Waals surface area contributed by atoms with E-state index in [4.69, 9.17) is 12.3 Å². The lowest BCUT2D eigenvalue weighted by molar-refractivity contribution is 0.286. The molecule has 334 valence electrons. The van der Waals surface area contributed by atoms with Crippen molar-refractivity contribution in [3.63, 3.8) is 0 Å². The smallest absolute Gasteiger partial charge is 0.401 e. The van der Waals surface area contributed by atoms with Gasteiger partial charge in [0.1, 0.15) is 0 Å². The molecule has 0 spiro atoms. The highest BCUT2D eigenvalue weighted by atomic mass is 28.5. The maximum Gasteiger partial charge on any atom is 0.507 e. The van der Waals surface area contributed by atoms with Crippen LogP contribution in [0.2, 0.25) is 0 Å². The van der Waals surface area contributed by atoms with Gasteiger partial charge in [-0.15, -0.1) is 0 Å². The van der Waals surface area contributed by atoms with Gasteiger partial charge < -0.3 is 12.3 Å². The molecule has 0 amide bonds. The summed E-state index contributed by atoms with van der Waals surface area (Å²) in [5.74, 6) is 0. The zero-order chi connectivity index (χ0) is 46.8. The van der Waals surface area contributed by atoms with Gasteiger partial charge in [0.15, 0.2) is 0 Å². The standard InChI is InChI=1S/C62H52O3Si4/c1-2-52-48-50-62(51-49-52)69(63-66(53-30-12-3-13-31-53,54-32-14-4-15-33-54)55-34-16-5-17-35-55,64-67(56-36-18-6-19-37-56,57-38-20-7-21-39-57)58-40-22-8-23-41-58)65-68(59-42-24-9-25-43-59,60-44-26-10-27-45-60)61-46-28-11-29-47-61/h2-51H,1H2. The quantitative estimate of drug-likeness (QED) is 0.0699. The SMILES string of the molecule is C=Cc1ccc([Si](O[Si](c2ccccc2)(c2ccccc2)c2ccccc2)(O[Si](c2ccccc2)(c2ccccc2)c2ccccc2)O[Si](c2ccccc2)(c2ccccc2)c2ccccc2)cc1. The minimum Gasteiger partial charge on any atom is -0.401 e. The zero-order valence-corrected chi connectivity index (χ0v) is 42.3. The molecule has 0 N–H and O–H groups in total. The van der Waals surface area contributed by atoms with Crippen LogP contribution in [-0.4, -0.2) is 33.8 Å². The van der Waals surface area contributed by atoms with Crippen LogP contribution in [0.1, 0.15) is 5.56 Å². The Morgan fingerprint density at radius 2 is 0.391 bits per heavy atom. The summed E-state index contributed by atoms with van der Waals surface area (Å²) < 4.78 is 26.9. The summed E-state index contributed by atoms with van der Waals surface area (Å²) in [7, 11) is -15.8. The Morgan fingerprint density at radius 3 is 0.551 bits per heavy atom. The summed E-state index contributed by atoms with van der Waals surface area (Å²) in [6.07, 6.45) is 1.89. The van der Waals surface area contributed by atoms with Gasteiger partial charge >= 0.3 is 8.80 Å². The number of hydrogen-bond acceptors (Lipinski definition) is 3. The Kier molecular flexibility index (Phi) is 13.5. The summed E-state index contributed by atoms with van der Waals surface area (Å²) in [4.78, 5) is 0. The lowest BCUT2D eigenvalue weighted by atomic mass is 10.2. The molecule has 10 aromatic rings. The summed E-state index contributed by atoms with van der Waals surface area (Å²) in [6, 6.07) is 106. The molecule has 7 heteroatoms. The molecule has 10 aromatic carbocycles. The molecular formula is C62H52O3Si4. The van der Waals surface area contributed by atoms with Gasteiger partial charge in [-0.3, -0.25) is 0 Å². The van der Waals surface area contributed by atoms with Gasteiger partial charge in [-0.25, -0.2) is 0 Å². The predicted molar refractivity (Wildman–Crippen MR) is 297 cm³/mol. The molecule has 0 fully saturated rings. The van der Waals surface area contributed by atoms with E-state index in [1.807, 2.05) is 6.08 Å². The second kappa shape index (κ2) is 20.5. The maximum atomic E-state index is 8.96. The predicted octanol–water partition coefficient (Wildman–Crippen LogP) is 7.53. The third kappa shape index (κ3) is 8.74. The van der Waals surface area contributed by atoms with E-state index >= 15 is 0 Å². The van der Waals surface area contributed by atoms with Crippen LogP contribution in [-0.2, 0) is 12.3 Å². The van der Waals surface area contributed by atoms with Crippen LogP contribution >= 0.6 is 0 Å². The first-order chi connectivity index (χ1) is 34.1. The lowest BCUT2D eigenvalue weighted by Gasteiger charge is -2.49. The van der Waals surface area contributed by atoms with Gasteiger partial charge in [-0.05, 0) is 52.2 Å². The maximum absolute atomic E-state index is 8.96. The molecule has 0 aliphatic carbocycles. The Labute approximate surface area is 411 Å². The van der Waals surface area contributed by atoms with E-state index in [0.29, 0.717) is 0 Å². The molecule has 0 aromatic heterocycles. The van der Waals surface area contributed by atoms with Crippen molar-refractivity contribution in [1.82, 2.24) is 0 Å². The molecular weight excluding hydrogens is 905 g/mol. The average molecular weight is 957 g/mol. The first-order valence-corrected chi connectivity index (χ1v) is 30.9. The second-order valence-electron chi connectivity index (χ2n) is 17.0. The van der Waals surface area contributed by atoms with E-state index in [-0.39, 0.29) is 0 Å². The average Bonchev–Trinajstić information content (AvgIpc) is 3.45. The normalized spacial score (nSPS) is 12.0. The van der Waals surface area contributed by atoms with E-state index in [9.17, 15) is 0 Å². The van der Waals surface area contributed by atoms with Crippen molar-refractivity contribution < 1.29 is 12.3 Å². The highest BCUT2D eigenvalue weighted by Gasteiger charge is 2.63. The first kappa shape index (κ1) is 45.5. The summed E-state index contributed by atoms with van der Waals surface area (Å²) in [5.41, 5.74) is 0.981. The Morgan fingerprint density at radius 1 is 0.217 bits per heavy atom. The van der Waals surface area contributed by atoms with E-state index in [2.05, 4.69) is 304 Å². The van der Waals surface area contributed by atoms with Crippen LogP contribution in [0.25, 0.3) is 6.08 Å². The Bertz CT molecular complexity index is 2570. The van der Waals surface area contributed by atoms with Crippen molar-refractivity contribution in [3.8, 4) is 0 Å². The van der Waals surface area contributed by atoms with Gasteiger partial charge in [0.2, 0.25) is 0 Å². The highest BCUT2D eigenvalue weighted by Crippen LogP contribution is 2.29. The number of rotatable bonds is 17. The topological polar surface area (TPSA) is 27.7 Å². The van der Waals surface area contributed by atoms with Crippen molar-refractivity contribution in [2.75, 3.05) is 0 Å². The zero-order valence-electron chi connectivity index (χ0n) is 38.3. The molecule has 0 unspecified atom stereocenters. The molecule has 0 saturated heterocycles. The molecule has 0 atom stereocenters. The molecule has 0 heterocycles. The van der Waals surface area contributed by atoms with E-state index in [0.717, 1.165) is 57.4 Å². The first-order valence-electron chi connectivity index (χ1n) is 23.4. The third-order valence-electron chi connectivity index (χ3n) is 13.0. The molecule has 3 nitrogen and oxygen atoms in total. The van der Waals surface area contributed by atoms with Gasteiger partial charge in [0.25, 0.3) is 25.0 Å². The van der Waals surface area contributed by atoms with Gasteiger partial charge in [-0.2, -0.15) is 0 Å². The molecule has 0 bridgehead atoms. The van der Waals surface area contributed by atoms with Crippen molar-refractivity contribution in [2.24, 2.45) is 0 Å². The molecule has 0 aliphatic heterocycles. The van der Waals surface area contributed by atoms with Crippen LogP contribution in [0.5, 0.6) is 0 Å². The van der Waals surface area contributed by atoms with Crippen molar-refractivity contribution in [2.45, 2.75) is 0 Å². The second-order valence-corrected chi connectivity index (χ2v) is 30.4. The number of hydrogen-bond donors (Lipinski definition) is 0. The van der Waals surface area contributed by atoms with Crippen LogP contribution in [0, 0.1) is 0 Å². The van der Waals surface area contributed by atoms with Crippen LogP contribution < -0.4 is 51.9 Å². The minimum atomic E-state index is -4.61. The van der Waals surface area contributed by atoms with E-state index in [1.165, 1.54) is 0 Å². The Hall–Kier alpha value is -7.31. The van der Waals surface area contributed by atoms with Crippen molar-refractivity contribution in [3.05, 3.63) is 309 Å².